The van der Waals surface area contributed by atoms with Gasteiger partial charge in [0.15, 0.2) is 0 Å². The van der Waals surface area contributed by atoms with Crippen molar-refractivity contribution >= 4 is 11.8 Å². The number of aliphatic hydroxyl groups is 1. The van der Waals surface area contributed by atoms with Gasteiger partial charge in [-0.2, -0.15) is 0 Å². The normalized spacial score (nSPS) is 10.5. The molecule has 1 aromatic carbocycles. The summed E-state index contributed by atoms with van der Waals surface area (Å²) in [4.78, 5) is 0.782. The molecule has 14 heavy (non-hydrogen) atoms. The lowest BCUT2D eigenvalue weighted by molar-refractivity contribution is 0.218. The fourth-order valence-electron chi connectivity index (χ4n) is 1.06. The summed E-state index contributed by atoms with van der Waals surface area (Å²) in [5.74, 6) is 0.405. The maximum atomic E-state index is 13.2. The van der Waals surface area contributed by atoms with Gasteiger partial charge in [-0.05, 0) is 12.1 Å². The van der Waals surface area contributed by atoms with Crippen LogP contribution in [-0.2, 0) is 11.3 Å². The van der Waals surface area contributed by atoms with Crippen LogP contribution in [0.1, 0.15) is 5.56 Å². The second-order valence-corrected chi connectivity index (χ2v) is 3.85. The quantitative estimate of drug-likeness (QED) is 0.603. The first kappa shape index (κ1) is 11.5. The van der Waals surface area contributed by atoms with Crippen LogP contribution in [0.25, 0.3) is 0 Å². The Labute approximate surface area is 87.1 Å². The summed E-state index contributed by atoms with van der Waals surface area (Å²) in [5.41, 5.74) is 0.369. The van der Waals surface area contributed by atoms with Crippen LogP contribution in [0.5, 0.6) is 0 Å². The summed E-state index contributed by atoms with van der Waals surface area (Å²) < 4.78 is 18.0. The molecule has 0 saturated heterocycles. The topological polar surface area (TPSA) is 29.5 Å². The van der Waals surface area contributed by atoms with E-state index in [0.29, 0.717) is 12.2 Å². The molecule has 0 radical (unpaired) electrons. The minimum absolute atomic E-state index is 0.262. The molecule has 0 heterocycles. The standard InChI is InChI=1S/C10H13FO2S/c1-13-5-6-14-10-4-2-3-9(11)8(10)7-12/h2-4,12H,5-7H2,1H3. The SMILES string of the molecule is COCCSc1cccc(F)c1CO. The molecule has 1 N–H and O–H groups in total. The number of aliphatic hydroxyl groups excluding tert-OH is 1. The lowest BCUT2D eigenvalue weighted by Crippen LogP contribution is -1.96. The molecule has 0 saturated carbocycles. The van der Waals surface area contributed by atoms with E-state index in [2.05, 4.69) is 0 Å². The number of thioether (sulfide) groups is 1. The molecule has 0 fully saturated rings. The molecule has 0 aliphatic rings. The van der Waals surface area contributed by atoms with Crippen molar-refractivity contribution in [1.29, 1.82) is 0 Å². The van der Waals surface area contributed by atoms with Crippen molar-refractivity contribution in [3.63, 3.8) is 0 Å². The van der Waals surface area contributed by atoms with Gasteiger partial charge in [0.05, 0.1) is 13.2 Å². The second-order valence-electron chi connectivity index (χ2n) is 2.72. The van der Waals surface area contributed by atoms with Crippen molar-refractivity contribution < 1.29 is 14.2 Å². The van der Waals surface area contributed by atoms with E-state index in [1.807, 2.05) is 0 Å². The van der Waals surface area contributed by atoms with Crippen molar-refractivity contribution in [2.24, 2.45) is 0 Å². The number of benzene rings is 1. The van der Waals surface area contributed by atoms with Crippen LogP contribution >= 0.6 is 11.8 Å². The van der Waals surface area contributed by atoms with Gasteiger partial charge in [0.1, 0.15) is 5.82 Å². The molecule has 0 bridgehead atoms. The third kappa shape index (κ3) is 2.97. The highest BCUT2D eigenvalue weighted by atomic mass is 32.2. The van der Waals surface area contributed by atoms with Crippen LogP contribution in [0.3, 0.4) is 0 Å². The van der Waals surface area contributed by atoms with E-state index < -0.39 is 0 Å². The monoisotopic (exact) mass is 216 g/mol. The number of methoxy groups -OCH3 is 1. The van der Waals surface area contributed by atoms with Gasteiger partial charge >= 0.3 is 0 Å². The summed E-state index contributed by atoms with van der Waals surface area (Å²) in [5, 5.41) is 8.97. The molecule has 0 spiro atoms. The molecule has 0 aliphatic heterocycles. The Kier molecular flexibility index (Phi) is 4.93. The lowest BCUT2D eigenvalue weighted by Gasteiger charge is -2.07. The Hall–Kier alpha value is -0.580. The molecule has 0 atom stereocenters. The molecular weight excluding hydrogens is 203 g/mol. The summed E-state index contributed by atoms with van der Waals surface area (Å²) in [7, 11) is 1.62. The zero-order chi connectivity index (χ0) is 10.4. The zero-order valence-electron chi connectivity index (χ0n) is 8.00. The first-order chi connectivity index (χ1) is 6.79. The van der Waals surface area contributed by atoms with Crippen LogP contribution in [0.15, 0.2) is 23.1 Å². The smallest absolute Gasteiger partial charge is 0.129 e. The zero-order valence-corrected chi connectivity index (χ0v) is 8.81. The minimum atomic E-state index is -0.352. The summed E-state index contributed by atoms with van der Waals surface area (Å²) in [6.45, 7) is 0.355. The van der Waals surface area contributed by atoms with Gasteiger partial charge in [0.25, 0.3) is 0 Å². The highest BCUT2D eigenvalue weighted by Gasteiger charge is 2.06. The van der Waals surface area contributed by atoms with E-state index in [4.69, 9.17) is 9.84 Å². The summed E-state index contributed by atoms with van der Waals surface area (Å²) in [6.07, 6.45) is 0. The van der Waals surface area contributed by atoms with Crippen LogP contribution in [-0.4, -0.2) is 24.6 Å². The largest absolute Gasteiger partial charge is 0.392 e. The molecule has 1 aromatic rings. The summed E-state index contributed by atoms with van der Waals surface area (Å²) >= 11 is 1.49. The molecule has 0 aliphatic carbocycles. The van der Waals surface area contributed by atoms with E-state index in [1.54, 1.807) is 19.2 Å². The maximum Gasteiger partial charge on any atom is 0.129 e. The third-order valence-corrected chi connectivity index (χ3v) is 2.84. The third-order valence-electron chi connectivity index (χ3n) is 1.78. The van der Waals surface area contributed by atoms with Crippen molar-refractivity contribution in [2.75, 3.05) is 19.5 Å². The molecule has 4 heteroatoms. The van der Waals surface area contributed by atoms with Crippen LogP contribution in [0, 0.1) is 5.82 Å². The number of hydrogen-bond donors (Lipinski definition) is 1. The number of hydrogen-bond acceptors (Lipinski definition) is 3. The summed E-state index contributed by atoms with van der Waals surface area (Å²) in [6, 6.07) is 4.80. The molecular formula is C10H13FO2S. The predicted molar refractivity (Wildman–Crippen MR) is 54.9 cm³/mol. The predicted octanol–water partition coefficient (Wildman–Crippen LogP) is 2.06. The van der Waals surface area contributed by atoms with Crippen molar-refractivity contribution in [2.45, 2.75) is 11.5 Å². The van der Waals surface area contributed by atoms with Crippen molar-refractivity contribution in [3.8, 4) is 0 Å². The number of rotatable bonds is 5. The van der Waals surface area contributed by atoms with Crippen LogP contribution in [0.2, 0.25) is 0 Å². The first-order valence-corrected chi connectivity index (χ1v) is 5.28. The fourth-order valence-corrected chi connectivity index (χ4v) is 2.04. The Morgan fingerprint density at radius 2 is 2.29 bits per heavy atom. The Bertz CT molecular complexity index is 291. The average molecular weight is 216 g/mol. The van der Waals surface area contributed by atoms with E-state index >= 15 is 0 Å². The highest BCUT2D eigenvalue weighted by Crippen LogP contribution is 2.24. The van der Waals surface area contributed by atoms with Crippen LogP contribution in [0.4, 0.5) is 4.39 Å². The average Bonchev–Trinajstić information content (AvgIpc) is 2.18. The molecule has 78 valence electrons. The van der Waals surface area contributed by atoms with Gasteiger partial charge in [-0.3, -0.25) is 0 Å². The Morgan fingerprint density at radius 3 is 2.93 bits per heavy atom. The highest BCUT2D eigenvalue weighted by molar-refractivity contribution is 7.99. The van der Waals surface area contributed by atoms with Gasteiger partial charge in [0, 0.05) is 23.3 Å². The molecule has 1 rings (SSSR count). The molecule has 2 nitrogen and oxygen atoms in total. The Balaban J connectivity index is 2.70. The first-order valence-electron chi connectivity index (χ1n) is 4.29. The fraction of sp³-hybridized carbons (Fsp3) is 0.400. The molecule has 0 amide bonds. The van der Waals surface area contributed by atoms with Gasteiger partial charge < -0.3 is 9.84 Å². The number of halogens is 1. The van der Waals surface area contributed by atoms with E-state index in [-0.39, 0.29) is 12.4 Å². The van der Waals surface area contributed by atoms with Gasteiger partial charge in [-0.1, -0.05) is 6.07 Å². The van der Waals surface area contributed by atoms with Gasteiger partial charge in [0.2, 0.25) is 0 Å². The maximum absolute atomic E-state index is 13.2. The Morgan fingerprint density at radius 1 is 1.50 bits per heavy atom. The van der Waals surface area contributed by atoms with Crippen molar-refractivity contribution in [1.82, 2.24) is 0 Å². The minimum Gasteiger partial charge on any atom is -0.392 e. The number of ether oxygens (including phenoxy) is 1. The molecule has 0 unspecified atom stereocenters. The van der Waals surface area contributed by atoms with E-state index in [1.165, 1.54) is 17.8 Å². The van der Waals surface area contributed by atoms with Gasteiger partial charge in [-0.15, -0.1) is 11.8 Å². The molecule has 0 aromatic heterocycles. The van der Waals surface area contributed by atoms with Gasteiger partial charge in [-0.25, -0.2) is 4.39 Å². The van der Waals surface area contributed by atoms with Crippen molar-refractivity contribution in [3.05, 3.63) is 29.6 Å². The van der Waals surface area contributed by atoms with Crippen LogP contribution < -0.4 is 0 Å². The van der Waals surface area contributed by atoms with E-state index in [9.17, 15) is 4.39 Å². The lowest BCUT2D eigenvalue weighted by atomic mass is 10.2. The second kappa shape index (κ2) is 6.01. The van der Waals surface area contributed by atoms with E-state index in [0.717, 1.165) is 10.6 Å².